The van der Waals surface area contributed by atoms with Crippen molar-refractivity contribution in [2.45, 2.75) is 39.2 Å². The maximum Gasteiger partial charge on any atom is 0.266 e. The van der Waals surface area contributed by atoms with E-state index in [-0.39, 0.29) is 11.5 Å². The quantitative estimate of drug-likeness (QED) is 0.263. The SMILES string of the molecule is CCCCN(C(=O)c1ccc(Cl)cc1)C(CC)c1nc2ccccc2c(=O)n1-c1ccc(OC)cc1. The van der Waals surface area contributed by atoms with Crippen LogP contribution in [0.15, 0.2) is 77.6 Å². The third-order valence-electron chi connectivity index (χ3n) is 6.30. The zero-order valence-electron chi connectivity index (χ0n) is 20.8. The number of carbonyl (C=O) groups excluding carboxylic acids is 1. The number of fused-ring (bicyclic) bond motifs is 1. The Morgan fingerprint density at radius 1 is 1.03 bits per heavy atom. The summed E-state index contributed by atoms with van der Waals surface area (Å²) in [5, 5.41) is 1.10. The molecule has 1 heterocycles. The molecule has 7 heteroatoms. The van der Waals surface area contributed by atoms with Gasteiger partial charge in [-0.25, -0.2) is 4.98 Å². The van der Waals surface area contributed by atoms with Crippen LogP contribution in [0.5, 0.6) is 5.75 Å². The number of methoxy groups -OCH3 is 1. The third-order valence-corrected chi connectivity index (χ3v) is 6.55. The summed E-state index contributed by atoms with van der Waals surface area (Å²) in [5.74, 6) is 1.11. The Labute approximate surface area is 216 Å². The van der Waals surface area contributed by atoms with Crippen LogP contribution in [0.2, 0.25) is 5.02 Å². The van der Waals surface area contributed by atoms with Crippen LogP contribution >= 0.6 is 11.6 Å². The number of hydrogen-bond donors (Lipinski definition) is 0. The molecule has 36 heavy (non-hydrogen) atoms. The first kappa shape index (κ1) is 25.5. The number of ether oxygens (including phenoxy) is 1. The lowest BCUT2D eigenvalue weighted by molar-refractivity contribution is 0.0656. The van der Waals surface area contributed by atoms with Crippen LogP contribution < -0.4 is 10.3 Å². The predicted molar refractivity (Wildman–Crippen MR) is 144 cm³/mol. The number of unbranched alkanes of at least 4 members (excludes halogenated alkanes) is 1. The van der Waals surface area contributed by atoms with Gasteiger partial charge in [-0.2, -0.15) is 0 Å². The molecule has 4 rings (SSSR count). The molecule has 4 aromatic rings. The molecule has 0 aliphatic heterocycles. The summed E-state index contributed by atoms with van der Waals surface area (Å²) < 4.78 is 6.94. The number of para-hydroxylation sites is 1. The summed E-state index contributed by atoms with van der Waals surface area (Å²) in [7, 11) is 1.60. The van der Waals surface area contributed by atoms with Crippen molar-refractivity contribution in [1.29, 1.82) is 0 Å². The Morgan fingerprint density at radius 3 is 2.36 bits per heavy atom. The Hall–Kier alpha value is -3.64. The standard InChI is InChI=1S/C29H30ClN3O3/c1-4-6-19-32(28(34)20-11-13-21(30)14-12-20)26(5-2)27-31-25-10-8-7-9-24(25)29(35)33(27)22-15-17-23(36-3)18-16-22/h7-18,26H,4-6,19H2,1-3H3. The van der Waals surface area contributed by atoms with Gasteiger partial charge in [0.15, 0.2) is 0 Å². The molecule has 0 saturated heterocycles. The molecule has 0 aliphatic carbocycles. The molecule has 186 valence electrons. The van der Waals surface area contributed by atoms with E-state index in [2.05, 4.69) is 6.92 Å². The topological polar surface area (TPSA) is 64.4 Å². The zero-order chi connectivity index (χ0) is 25.7. The number of rotatable bonds is 9. The van der Waals surface area contributed by atoms with E-state index in [1.165, 1.54) is 0 Å². The smallest absolute Gasteiger partial charge is 0.266 e. The normalized spacial score (nSPS) is 11.9. The van der Waals surface area contributed by atoms with E-state index in [1.54, 1.807) is 42.0 Å². The lowest BCUT2D eigenvalue weighted by atomic mass is 10.1. The first-order valence-corrected chi connectivity index (χ1v) is 12.6. The molecule has 3 aromatic carbocycles. The molecule has 0 fully saturated rings. The Kier molecular flexibility index (Phi) is 8.06. The van der Waals surface area contributed by atoms with Crippen LogP contribution in [0.1, 0.15) is 55.3 Å². The number of nitrogens with zero attached hydrogens (tertiary/aromatic N) is 3. The number of amides is 1. The van der Waals surface area contributed by atoms with Crippen LogP contribution in [0.4, 0.5) is 0 Å². The maximum absolute atomic E-state index is 13.8. The molecule has 0 radical (unpaired) electrons. The van der Waals surface area contributed by atoms with Gasteiger partial charge in [0.2, 0.25) is 0 Å². The van der Waals surface area contributed by atoms with E-state index in [0.29, 0.717) is 51.7 Å². The van der Waals surface area contributed by atoms with Gasteiger partial charge in [0.25, 0.3) is 11.5 Å². The molecule has 1 aromatic heterocycles. The minimum Gasteiger partial charge on any atom is -0.497 e. The number of halogens is 1. The van der Waals surface area contributed by atoms with Crippen molar-refractivity contribution in [1.82, 2.24) is 14.5 Å². The van der Waals surface area contributed by atoms with Crippen molar-refractivity contribution in [2.24, 2.45) is 0 Å². The number of hydrogen-bond acceptors (Lipinski definition) is 4. The van der Waals surface area contributed by atoms with E-state index in [9.17, 15) is 9.59 Å². The minimum absolute atomic E-state index is 0.115. The largest absolute Gasteiger partial charge is 0.497 e. The summed E-state index contributed by atoms with van der Waals surface area (Å²) in [5.41, 5.74) is 1.65. The van der Waals surface area contributed by atoms with Crippen molar-refractivity contribution in [3.05, 3.63) is 99.6 Å². The Balaban J connectivity index is 1.92. The van der Waals surface area contributed by atoms with Gasteiger partial charge in [-0.3, -0.25) is 14.2 Å². The number of aromatic nitrogens is 2. The van der Waals surface area contributed by atoms with E-state index < -0.39 is 6.04 Å². The van der Waals surface area contributed by atoms with Gasteiger partial charge >= 0.3 is 0 Å². The van der Waals surface area contributed by atoms with Crippen molar-refractivity contribution in [3.63, 3.8) is 0 Å². The molecule has 0 bridgehead atoms. The van der Waals surface area contributed by atoms with E-state index in [1.807, 2.05) is 54.3 Å². The molecule has 1 amide bonds. The van der Waals surface area contributed by atoms with Crippen molar-refractivity contribution >= 4 is 28.4 Å². The van der Waals surface area contributed by atoms with Crippen LogP contribution in [0.3, 0.4) is 0 Å². The van der Waals surface area contributed by atoms with Gasteiger partial charge in [0.05, 0.1) is 29.7 Å². The highest BCUT2D eigenvalue weighted by molar-refractivity contribution is 6.30. The first-order valence-electron chi connectivity index (χ1n) is 12.2. The van der Waals surface area contributed by atoms with E-state index >= 15 is 0 Å². The summed E-state index contributed by atoms with van der Waals surface area (Å²) in [6.45, 7) is 4.65. The lowest BCUT2D eigenvalue weighted by Gasteiger charge is -2.32. The molecule has 0 aliphatic rings. The molecule has 0 spiro atoms. The van der Waals surface area contributed by atoms with Gasteiger partial charge in [-0.15, -0.1) is 0 Å². The second-order valence-corrected chi connectivity index (χ2v) is 9.05. The van der Waals surface area contributed by atoms with E-state index in [4.69, 9.17) is 21.3 Å². The number of benzene rings is 3. The minimum atomic E-state index is -0.417. The summed E-state index contributed by atoms with van der Waals surface area (Å²) >= 11 is 6.07. The average molecular weight is 504 g/mol. The average Bonchev–Trinajstić information content (AvgIpc) is 2.91. The van der Waals surface area contributed by atoms with Gasteiger partial charge in [-0.05, 0) is 73.5 Å². The predicted octanol–water partition coefficient (Wildman–Crippen LogP) is 6.44. The summed E-state index contributed by atoms with van der Waals surface area (Å²) in [4.78, 5) is 34.4. The Morgan fingerprint density at radius 2 is 1.72 bits per heavy atom. The van der Waals surface area contributed by atoms with Crippen molar-refractivity contribution in [3.8, 4) is 11.4 Å². The molecule has 0 saturated carbocycles. The number of carbonyl (C=O) groups is 1. The molecule has 1 unspecified atom stereocenters. The van der Waals surface area contributed by atoms with E-state index in [0.717, 1.165) is 12.8 Å². The second kappa shape index (κ2) is 11.4. The van der Waals surface area contributed by atoms with Crippen LogP contribution in [0, 0.1) is 0 Å². The zero-order valence-corrected chi connectivity index (χ0v) is 21.5. The molecule has 1 atom stereocenters. The lowest BCUT2D eigenvalue weighted by Crippen LogP contribution is -2.39. The van der Waals surface area contributed by atoms with Crippen LogP contribution in [-0.2, 0) is 0 Å². The maximum atomic E-state index is 13.8. The van der Waals surface area contributed by atoms with Crippen molar-refractivity contribution < 1.29 is 9.53 Å². The molecular formula is C29H30ClN3O3. The fraction of sp³-hybridized carbons (Fsp3) is 0.276. The molecular weight excluding hydrogens is 474 g/mol. The van der Waals surface area contributed by atoms with Gasteiger partial charge < -0.3 is 9.64 Å². The van der Waals surface area contributed by atoms with Crippen LogP contribution in [0.25, 0.3) is 16.6 Å². The van der Waals surface area contributed by atoms with Crippen LogP contribution in [-0.4, -0.2) is 34.0 Å². The Bertz CT molecular complexity index is 1400. The first-order chi connectivity index (χ1) is 17.5. The summed E-state index contributed by atoms with van der Waals surface area (Å²) in [6.07, 6.45) is 2.34. The molecule has 6 nitrogen and oxygen atoms in total. The second-order valence-electron chi connectivity index (χ2n) is 8.61. The highest BCUT2D eigenvalue weighted by Crippen LogP contribution is 2.28. The monoisotopic (exact) mass is 503 g/mol. The van der Waals surface area contributed by atoms with Gasteiger partial charge in [0.1, 0.15) is 11.6 Å². The highest BCUT2D eigenvalue weighted by Gasteiger charge is 2.29. The van der Waals surface area contributed by atoms with Crippen molar-refractivity contribution in [2.75, 3.05) is 13.7 Å². The van der Waals surface area contributed by atoms with Gasteiger partial charge in [0, 0.05) is 17.1 Å². The molecule has 0 N–H and O–H groups in total. The van der Waals surface area contributed by atoms with Gasteiger partial charge in [-0.1, -0.05) is 44.0 Å². The fourth-order valence-corrected chi connectivity index (χ4v) is 4.51. The summed E-state index contributed by atoms with van der Waals surface area (Å²) in [6, 6.07) is 21.1. The fourth-order valence-electron chi connectivity index (χ4n) is 4.38. The highest BCUT2D eigenvalue weighted by atomic mass is 35.5. The third kappa shape index (κ3) is 5.14.